The van der Waals surface area contributed by atoms with E-state index in [4.69, 9.17) is 4.74 Å². The highest BCUT2D eigenvalue weighted by Crippen LogP contribution is 2.63. The van der Waals surface area contributed by atoms with Gasteiger partial charge in [-0.15, -0.1) is 0 Å². The molecule has 212 valence electrons. The summed E-state index contributed by atoms with van der Waals surface area (Å²) in [7, 11) is 0. The van der Waals surface area contributed by atoms with Gasteiger partial charge in [-0.1, -0.05) is 64.7 Å². The molecule has 1 unspecified atom stereocenters. The van der Waals surface area contributed by atoms with E-state index in [9.17, 15) is 22.8 Å². The third-order valence-electron chi connectivity index (χ3n) is 10.5. The van der Waals surface area contributed by atoms with Crippen molar-refractivity contribution in [2.24, 2.45) is 28.6 Å². The van der Waals surface area contributed by atoms with Crippen LogP contribution in [0, 0.1) is 28.6 Å². The molecule has 0 aromatic rings. The fourth-order valence-corrected chi connectivity index (χ4v) is 8.41. The van der Waals surface area contributed by atoms with Crippen LogP contribution in [0.5, 0.6) is 0 Å². The predicted molar refractivity (Wildman–Crippen MR) is 143 cm³/mol. The van der Waals surface area contributed by atoms with Gasteiger partial charge in [0.25, 0.3) is 0 Å². The van der Waals surface area contributed by atoms with Crippen molar-refractivity contribution in [2.45, 2.75) is 123 Å². The Bertz CT molecular complexity index is 1040. The number of ether oxygens (including phenoxy) is 1. The standard InChI is InChI=1S/C32H45F3O3/c1-6-7-16-29(3,38-28(37)32(33,34)35)17-10-11-21(2)23-13-14-24-22-20-27(36)26-12-8-9-18-30(26,4)25(22)15-19-31(23,24)5/h7,14,16,21,23,26H,6,8-13,15,17-20H2,1-5H3/t21-,23-,26+,29?,30-,31-/m1/s1. The number of halogens is 3. The van der Waals surface area contributed by atoms with Gasteiger partial charge in [0.15, 0.2) is 0 Å². The highest BCUT2D eigenvalue weighted by Gasteiger charge is 2.54. The molecule has 6 atom stereocenters. The van der Waals surface area contributed by atoms with Gasteiger partial charge < -0.3 is 4.74 Å². The fraction of sp³-hybridized carbons (Fsp3) is 0.750. The predicted octanol–water partition coefficient (Wildman–Crippen LogP) is 8.84. The van der Waals surface area contributed by atoms with Gasteiger partial charge in [-0.25, -0.2) is 4.79 Å². The van der Waals surface area contributed by atoms with Crippen LogP contribution in [0.2, 0.25) is 0 Å². The molecule has 0 N–H and O–H groups in total. The maximum Gasteiger partial charge on any atom is 0.490 e. The second-order valence-electron chi connectivity index (χ2n) is 13.1. The molecule has 0 aromatic carbocycles. The Morgan fingerprint density at radius 1 is 1.21 bits per heavy atom. The van der Waals surface area contributed by atoms with Gasteiger partial charge in [0.05, 0.1) is 0 Å². The van der Waals surface area contributed by atoms with Gasteiger partial charge in [-0.3, -0.25) is 4.79 Å². The Labute approximate surface area is 226 Å². The maximum atomic E-state index is 13.3. The van der Waals surface area contributed by atoms with Crippen molar-refractivity contribution < 1.29 is 27.5 Å². The summed E-state index contributed by atoms with van der Waals surface area (Å²) in [4.78, 5) is 24.9. The lowest BCUT2D eigenvalue weighted by Crippen LogP contribution is -2.45. The van der Waals surface area contributed by atoms with E-state index in [1.165, 1.54) is 17.6 Å². The third kappa shape index (κ3) is 5.30. The number of carbonyl (C=O) groups excluding carboxylic acids is 2. The van der Waals surface area contributed by atoms with Gasteiger partial charge in [0.2, 0.25) is 0 Å². The van der Waals surface area contributed by atoms with Crippen LogP contribution in [0.4, 0.5) is 13.2 Å². The number of rotatable bonds is 8. The van der Waals surface area contributed by atoms with Crippen LogP contribution >= 0.6 is 0 Å². The van der Waals surface area contributed by atoms with Crippen molar-refractivity contribution >= 4 is 11.8 Å². The minimum Gasteiger partial charge on any atom is -0.448 e. The number of allylic oxidation sites excluding steroid dienone is 5. The first-order valence-corrected chi connectivity index (χ1v) is 14.7. The van der Waals surface area contributed by atoms with Crippen LogP contribution in [0.1, 0.15) is 112 Å². The number of carbonyl (C=O) groups is 2. The monoisotopic (exact) mass is 534 g/mol. The Morgan fingerprint density at radius 3 is 2.63 bits per heavy atom. The van der Waals surface area contributed by atoms with Crippen molar-refractivity contribution in [1.82, 2.24) is 0 Å². The van der Waals surface area contributed by atoms with E-state index in [1.807, 2.05) is 6.92 Å². The average molecular weight is 535 g/mol. The third-order valence-corrected chi connectivity index (χ3v) is 10.5. The summed E-state index contributed by atoms with van der Waals surface area (Å²) in [6, 6.07) is 0. The van der Waals surface area contributed by atoms with Gasteiger partial charge in [0.1, 0.15) is 11.4 Å². The number of Topliss-reactive ketones (excluding diaryl/α,β-unsaturated/α-hetero) is 1. The number of hydrogen-bond donors (Lipinski definition) is 0. The molecule has 3 nitrogen and oxygen atoms in total. The molecular weight excluding hydrogens is 489 g/mol. The van der Waals surface area contributed by atoms with E-state index in [0.29, 0.717) is 43.3 Å². The van der Waals surface area contributed by atoms with Crippen molar-refractivity contribution in [3.63, 3.8) is 0 Å². The number of esters is 1. The molecule has 4 aliphatic carbocycles. The maximum absolute atomic E-state index is 13.3. The molecule has 4 rings (SSSR count). The largest absolute Gasteiger partial charge is 0.490 e. The summed E-state index contributed by atoms with van der Waals surface area (Å²) in [6.07, 6.45) is 11.6. The molecular formula is C32H45F3O3. The molecule has 0 spiro atoms. The summed E-state index contributed by atoms with van der Waals surface area (Å²) >= 11 is 0. The summed E-state index contributed by atoms with van der Waals surface area (Å²) < 4.78 is 43.6. The zero-order valence-electron chi connectivity index (χ0n) is 23.8. The number of hydrogen-bond acceptors (Lipinski definition) is 3. The van der Waals surface area contributed by atoms with E-state index in [1.54, 1.807) is 24.6 Å². The minimum atomic E-state index is -5.00. The summed E-state index contributed by atoms with van der Waals surface area (Å²) in [5, 5.41) is 0. The fourth-order valence-electron chi connectivity index (χ4n) is 8.41. The number of alkyl halides is 3. The lowest BCUT2D eigenvalue weighted by atomic mass is 9.51. The van der Waals surface area contributed by atoms with E-state index in [0.717, 1.165) is 44.9 Å². The van der Waals surface area contributed by atoms with E-state index >= 15 is 0 Å². The molecule has 0 radical (unpaired) electrons. The van der Waals surface area contributed by atoms with Gasteiger partial charge in [0, 0.05) is 12.3 Å². The minimum absolute atomic E-state index is 0.0269. The molecule has 0 heterocycles. The highest BCUT2D eigenvalue weighted by molar-refractivity contribution is 5.88. The van der Waals surface area contributed by atoms with Crippen LogP contribution < -0.4 is 0 Å². The molecule has 0 aromatic heterocycles. The van der Waals surface area contributed by atoms with Crippen molar-refractivity contribution in [2.75, 3.05) is 0 Å². The smallest absolute Gasteiger partial charge is 0.448 e. The SMILES string of the molecule is CCC=CC(C)(CCC[C@@H](C)[C@H]1CC=C2C3=C(CC[C@@]21C)[C@@]1(C)CCCC[C@H]1C(=O)C3)OC(=O)C(F)(F)F. The van der Waals surface area contributed by atoms with Gasteiger partial charge in [-0.2, -0.15) is 13.2 Å². The van der Waals surface area contributed by atoms with Crippen molar-refractivity contribution in [3.05, 3.63) is 34.9 Å². The molecule has 1 fully saturated rings. The molecule has 0 bridgehead atoms. The van der Waals surface area contributed by atoms with Crippen LogP contribution in [-0.4, -0.2) is 23.5 Å². The molecule has 0 aliphatic heterocycles. The van der Waals surface area contributed by atoms with Gasteiger partial charge in [-0.05, 0) is 98.2 Å². The zero-order valence-corrected chi connectivity index (χ0v) is 23.8. The van der Waals surface area contributed by atoms with E-state index in [2.05, 4.69) is 26.8 Å². The second-order valence-corrected chi connectivity index (χ2v) is 13.1. The average Bonchev–Trinajstić information content (AvgIpc) is 3.19. The first kappa shape index (κ1) is 29.1. The van der Waals surface area contributed by atoms with Gasteiger partial charge >= 0.3 is 12.1 Å². The Hall–Kier alpha value is -1.85. The normalized spacial score (nSPS) is 33.8. The quantitative estimate of drug-likeness (QED) is 0.231. The first-order valence-electron chi connectivity index (χ1n) is 14.7. The van der Waals surface area contributed by atoms with E-state index < -0.39 is 17.7 Å². The second kappa shape index (κ2) is 10.6. The van der Waals surface area contributed by atoms with Crippen LogP contribution in [0.15, 0.2) is 34.9 Å². The summed E-state index contributed by atoms with van der Waals surface area (Å²) in [5.41, 5.74) is 3.09. The van der Waals surface area contributed by atoms with Crippen LogP contribution in [0.25, 0.3) is 0 Å². The molecule has 6 heteroatoms. The highest BCUT2D eigenvalue weighted by atomic mass is 19.4. The van der Waals surface area contributed by atoms with Crippen LogP contribution in [0.3, 0.4) is 0 Å². The summed E-state index contributed by atoms with van der Waals surface area (Å²) in [5.74, 6) is -0.702. The molecule has 1 saturated carbocycles. The molecule has 38 heavy (non-hydrogen) atoms. The Morgan fingerprint density at radius 2 is 1.95 bits per heavy atom. The Kier molecular flexibility index (Phi) is 8.14. The molecule has 4 aliphatic rings. The molecule has 0 saturated heterocycles. The molecule has 0 amide bonds. The lowest BCUT2D eigenvalue weighted by Gasteiger charge is -2.52. The first-order chi connectivity index (χ1) is 17.7. The van der Waals surface area contributed by atoms with Crippen molar-refractivity contribution in [1.29, 1.82) is 0 Å². The lowest BCUT2D eigenvalue weighted by molar-refractivity contribution is -0.209. The number of ketones is 1. The Balaban J connectivity index is 1.44. The van der Waals surface area contributed by atoms with Crippen molar-refractivity contribution in [3.8, 4) is 0 Å². The summed E-state index contributed by atoms with van der Waals surface area (Å²) in [6.45, 7) is 10.4. The zero-order chi connectivity index (χ0) is 27.9. The topological polar surface area (TPSA) is 43.4 Å². The van der Waals surface area contributed by atoms with Crippen LogP contribution in [-0.2, 0) is 14.3 Å². The van der Waals surface area contributed by atoms with E-state index in [-0.39, 0.29) is 16.7 Å². The number of fused-ring (bicyclic) bond motifs is 4.